The van der Waals surface area contributed by atoms with Gasteiger partial charge in [0.15, 0.2) is 0 Å². The zero-order valence-corrected chi connectivity index (χ0v) is 15.6. The Bertz CT molecular complexity index is 722. The summed E-state index contributed by atoms with van der Waals surface area (Å²) >= 11 is 1.81. The fourth-order valence-electron chi connectivity index (χ4n) is 3.35. The minimum atomic E-state index is 0.0293. The van der Waals surface area contributed by atoms with Crippen molar-refractivity contribution in [1.82, 2.24) is 4.90 Å². The van der Waals surface area contributed by atoms with Gasteiger partial charge >= 0.3 is 6.03 Å². The summed E-state index contributed by atoms with van der Waals surface area (Å²) in [6.45, 7) is 7.10. The van der Waals surface area contributed by atoms with Crippen LogP contribution < -0.4 is 5.32 Å². The number of benzene rings is 1. The van der Waals surface area contributed by atoms with E-state index in [4.69, 9.17) is 0 Å². The molecule has 1 atom stereocenters. The first kappa shape index (κ1) is 17.0. The van der Waals surface area contributed by atoms with Crippen LogP contribution in [0.3, 0.4) is 0 Å². The summed E-state index contributed by atoms with van der Waals surface area (Å²) in [5.41, 5.74) is 3.27. The molecule has 1 aromatic heterocycles. The Labute approximate surface area is 148 Å². The number of thiophene rings is 1. The monoisotopic (exact) mass is 342 g/mol. The van der Waals surface area contributed by atoms with Crippen molar-refractivity contribution in [3.63, 3.8) is 0 Å². The van der Waals surface area contributed by atoms with Crippen molar-refractivity contribution < 1.29 is 4.79 Å². The molecule has 1 fully saturated rings. The van der Waals surface area contributed by atoms with Gasteiger partial charge in [0.2, 0.25) is 0 Å². The SMILES string of the molecule is Cc1ccc([C@H]2CCCCCN2C(=O)Nc2cccc(C)c2C)s1. The molecule has 1 saturated heterocycles. The standard InChI is InChI=1S/C20H26N2OS/c1-14-8-7-9-17(16(14)3)21-20(23)22-13-6-4-5-10-18(22)19-12-11-15(2)24-19/h7-9,11-12,18H,4-6,10,13H2,1-3H3,(H,21,23)/t18-/m1/s1. The minimum Gasteiger partial charge on any atom is -0.317 e. The highest BCUT2D eigenvalue weighted by Crippen LogP contribution is 2.34. The van der Waals surface area contributed by atoms with Gasteiger partial charge in [0.05, 0.1) is 6.04 Å². The Morgan fingerprint density at radius 3 is 2.71 bits per heavy atom. The molecule has 3 nitrogen and oxygen atoms in total. The van der Waals surface area contributed by atoms with Crippen LogP contribution in [0.4, 0.5) is 10.5 Å². The summed E-state index contributed by atoms with van der Waals surface area (Å²) in [4.78, 5) is 17.7. The molecule has 3 rings (SSSR count). The van der Waals surface area contributed by atoms with Crippen molar-refractivity contribution in [2.24, 2.45) is 0 Å². The average Bonchev–Trinajstić information content (AvgIpc) is 2.84. The summed E-state index contributed by atoms with van der Waals surface area (Å²) in [7, 11) is 0. The Balaban J connectivity index is 1.83. The van der Waals surface area contributed by atoms with E-state index in [9.17, 15) is 4.79 Å². The summed E-state index contributed by atoms with van der Waals surface area (Å²) < 4.78 is 0. The molecule has 1 aliphatic rings. The molecule has 4 heteroatoms. The molecule has 0 bridgehead atoms. The van der Waals surface area contributed by atoms with Crippen molar-refractivity contribution in [3.05, 3.63) is 51.2 Å². The van der Waals surface area contributed by atoms with Crippen molar-refractivity contribution >= 4 is 23.1 Å². The predicted molar refractivity (Wildman–Crippen MR) is 102 cm³/mol. The fourth-order valence-corrected chi connectivity index (χ4v) is 4.38. The number of nitrogens with zero attached hydrogens (tertiary/aromatic N) is 1. The zero-order chi connectivity index (χ0) is 17.1. The van der Waals surface area contributed by atoms with E-state index in [1.54, 1.807) is 0 Å². The van der Waals surface area contributed by atoms with E-state index < -0.39 is 0 Å². The molecule has 1 aromatic carbocycles. The van der Waals surface area contributed by atoms with Crippen LogP contribution in [0.15, 0.2) is 30.3 Å². The Morgan fingerprint density at radius 2 is 1.96 bits per heavy atom. The van der Waals surface area contributed by atoms with Gasteiger partial charge in [0.25, 0.3) is 0 Å². The number of urea groups is 1. The number of rotatable bonds is 2. The van der Waals surface area contributed by atoms with Crippen LogP contribution in [0.25, 0.3) is 0 Å². The third kappa shape index (κ3) is 3.64. The number of aryl methyl sites for hydroxylation is 2. The fraction of sp³-hybridized carbons (Fsp3) is 0.450. The zero-order valence-electron chi connectivity index (χ0n) is 14.8. The molecular formula is C20H26N2OS. The van der Waals surface area contributed by atoms with Crippen molar-refractivity contribution in [2.45, 2.75) is 52.5 Å². The maximum Gasteiger partial charge on any atom is 0.322 e. The highest BCUT2D eigenvalue weighted by Gasteiger charge is 2.28. The summed E-state index contributed by atoms with van der Waals surface area (Å²) in [5.74, 6) is 0. The van der Waals surface area contributed by atoms with Gasteiger partial charge in [0.1, 0.15) is 0 Å². The van der Waals surface area contributed by atoms with Crippen LogP contribution in [0.2, 0.25) is 0 Å². The first-order valence-corrected chi connectivity index (χ1v) is 9.58. The van der Waals surface area contributed by atoms with E-state index >= 15 is 0 Å². The van der Waals surface area contributed by atoms with E-state index in [2.05, 4.69) is 44.3 Å². The number of nitrogens with one attached hydrogen (secondary N) is 1. The number of hydrogen-bond acceptors (Lipinski definition) is 2. The molecule has 0 saturated carbocycles. The second kappa shape index (κ2) is 7.39. The molecule has 1 N–H and O–H groups in total. The van der Waals surface area contributed by atoms with Crippen LogP contribution in [-0.4, -0.2) is 17.5 Å². The Morgan fingerprint density at radius 1 is 1.12 bits per heavy atom. The van der Waals surface area contributed by atoms with Gasteiger partial charge in [0, 0.05) is 22.0 Å². The molecule has 0 spiro atoms. The van der Waals surface area contributed by atoms with E-state index in [0.717, 1.165) is 30.6 Å². The van der Waals surface area contributed by atoms with Gasteiger partial charge < -0.3 is 10.2 Å². The number of hydrogen-bond donors (Lipinski definition) is 1. The van der Waals surface area contributed by atoms with Crippen LogP contribution >= 0.6 is 11.3 Å². The van der Waals surface area contributed by atoms with Gasteiger partial charge in [-0.2, -0.15) is 0 Å². The van der Waals surface area contributed by atoms with Crippen LogP contribution in [0.5, 0.6) is 0 Å². The maximum absolute atomic E-state index is 13.0. The van der Waals surface area contributed by atoms with Gasteiger partial charge in [-0.05, 0) is 62.9 Å². The van der Waals surface area contributed by atoms with E-state index in [-0.39, 0.29) is 12.1 Å². The lowest BCUT2D eigenvalue weighted by Gasteiger charge is -2.30. The topological polar surface area (TPSA) is 32.3 Å². The third-order valence-electron chi connectivity index (χ3n) is 4.95. The average molecular weight is 343 g/mol. The lowest BCUT2D eigenvalue weighted by Crippen LogP contribution is -2.38. The van der Waals surface area contributed by atoms with Crippen LogP contribution in [0, 0.1) is 20.8 Å². The van der Waals surface area contributed by atoms with Crippen molar-refractivity contribution in [3.8, 4) is 0 Å². The number of anilines is 1. The quantitative estimate of drug-likeness (QED) is 0.732. The van der Waals surface area contributed by atoms with Gasteiger partial charge in [-0.25, -0.2) is 4.79 Å². The third-order valence-corrected chi connectivity index (χ3v) is 6.05. The number of amides is 2. The summed E-state index contributed by atoms with van der Waals surface area (Å²) in [6, 6.07) is 10.6. The molecule has 128 valence electrons. The minimum absolute atomic E-state index is 0.0293. The molecule has 0 aliphatic carbocycles. The Hall–Kier alpha value is -1.81. The highest BCUT2D eigenvalue weighted by molar-refractivity contribution is 7.12. The highest BCUT2D eigenvalue weighted by atomic mass is 32.1. The molecule has 1 aliphatic heterocycles. The Kier molecular flexibility index (Phi) is 5.24. The summed E-state index contributed by atoms with van der Waals surface area (Å²) in [5, 5.41) is 3.15. The number of carbonyl (C=O) groups is 1. The van der Waals surface area contributed by atoms with E-state index in [0.29, 0.717) is 0 Å². The summed E-state index contributed by atoms with van der Waals surface area (Å²) in [6.07, 6.45) is 4.53. The van der Waals surface area contributed by atoms with Crippen molar-refractivity contribution in [1.29, 1.82) is 0 Å². The van der Waals surface area contributed by atoms with E-state index in [1.807, 2.05) is 28.4 Å². The molecule has 0 radical (unpaired) electrons. The van der Waals surface area contributed by atoms with Gasteiger partial charge in [-0.3, -0.25) is 0 Å². The molecule has 2 aromatic rings. The lowest BCUT2D eigenvalue weighted by atomic mass is 10.1. The van der Waals surface area contributed by atoms with Crippen LogP contribution in [-0.2, 0) is 0 Å². The second-order valence-electron chi connectivity index (χ2n) is 6.68. The molecule has 24 heavy (non-hydrogen) atoms. The first-order chi connectivity index (χ1) is 11.6. The normalized spacial score (nSPS) is 18.3. The van der Waals surface area contributed by atoms with E-state index in [1.165, 1.54) is 28.2 Å². The maximum atomic E-state index is 13.0. The van der Waals surface area contributed by atoms with Gasteiger partial charge in [-0.15, -0.1) is 11.3 Å². The number of carbonyl (C=O) groups excluding carboxylic acids is 1. The molecule has 2 heterocycles. The largest absolute Gasteiger partial charge is 0.322 e. The smallest absolute Gasteiger partial charge is 0.317 e. The molecule has 0 unspecified atom stereocenters. The molecular weight excluding hydrogens is 316 g/mol. The predicted octanol–water partition coefficient (Wildman–Crippen LogP) is 5.82. The first-order valence-electron chi connectivity index (χ1n) is 8.76. The molecule has 2 amide bonds. The van der Waals surface area contributed by atoms with Crippen molar-refractivity contribution in [2.75, 3.05) is 11.9 Å². The van der Waals surface area contributed by atoms with Crippen LogP contribution in [0.1, 0.15) is 52.6 Å². The lowest BCUT2D eigenvalue weighted by molar-refractivity contribution is 0.190. The number of likely N-dealkylation sites (tertiary alicyclic amines) is 1. The van der Waals surface area contributed by atoms with Gasteiger partial charge in [-0.1, -0.05) is 25.0 Å². The second-order valence-corrected chi connectivity index (χ2v) is 8.00.